The van der Waals surface area contributed by atoms with E-state index in [1.165, 1.54) is 11.1 Å². The van der Waals surface area contributed by atoms with E-state index < -0.39 is 0 Å². The summed E-state index contributed by atoms with van der Waals surface area (Å²) in [6.45, 7) is 7.75. The summed E-state index contributed by atoms with van der Waals surface area (Å²) >= 11 is 0. The van der Waals surface area contributed by atoms with Crippen LogP contribution in [0.3, 0.4) is 0 Å². The minimum Gasteiger partial charge on any atom is -0.338 e. The SMILES string of the molecule is CCCC(N)CC(=O)N(CCC)Cc1ccc(C)cc1. The summed E-state index contributed by atoms with van der Waals surface area (Å²) in [5, 5.41) is 0. The molecule has 1 rings (SSSR count). The van der Waals surface area contributed by atoms with Crippen LogP contribution < -0.4 is 5.73 Å². The smallest absolute Gasteiger partial charge is 0.224 e. The summed E-state index contributed by atoms with van der Waals surface area (Å²) in [5.41, 5.74) is 8.41. The molecule has 1 amide bonds. The standard InChI is InChI=1S/C17H28N2O/c1-4-6-16(18)12-17(20)19(11-5-2)13-15-9-7-14(3)8-10-15/h7-10,16H,4-6,11-13,18H2,1-3H3. The van der Waals surface area contributed by atoms with Gasteiger partial charge in [-0.25, -0.2) is 0 Å². The molecule has 0 radical (unpaired) electrons. The van der Waals surface area contributed by atoms with Gasteiger partial charge in [-0.3, -0.25) is 4.79 Å². The molecule has 1 atom stereocenters. The van der Waals surface area contributed by atoms with Crippen LogP contribution in [0.15, 0.2) is 24.3 Å². The highest BCUT2D eigenvalue weighted by Crippen LogP contribution is 2.10. The van der Waals surface area contributed by atoms with E-state index >= 15 is 0 Å². The Kier molecular flexibility index (Phi) is 7.31. The van der Waals surface area contributed by atoms with Gasteiger partial charge in [0, 0.05) is 25.6 Å². The van der Waals surface area contributed by atoms with Crippen molar-refractivity contribution in [1.82, 2.24) is 4.90 Å². The number of carbonyl (C=O) groups is 1. The summed E-state index contributed by atoms with van der Waals surface area (Å²) in [7, 11) is 0. The van der Waals surface area contributed by atoms with Crippen molar-refractivity contribution in [3.63, 3.8) is 0 Å². The summed E-state index contributed by atoms with van der Waals surface area (Å²) in [4.78, 5) is 14.3. The molecule has 0 spiro atoms. The second-order valence-electron chi connectivity index (χ2n) is 5.55. The van der Waals surface area contributed by atoms with E-state index in [-0.39, 0.29) is 11.9 Å². The van der Waals surface area contributed by atoms with Crippen molar-refractivity contribution >= 4 is 5.91 Å². The maximum atomic E-state index is 12.3. The van der Waals surface area contributed by atoms with Gasteiger partial charge in [-0.1, -0.05) is 50.1 Å². The monoisotopic (exact) mass is 276 g/mol. The molecule has 0 aliphatic rings. The molecule has 0 heterocycles. The lowest BCUT2D eigenvalue weighted by atomic mass is 10.1. The Morgan fingerprint density at radius 3 is 2.40 bits per heavy atom. The zero-order valence-electron chi connectivity index (χ0n) is 13.1. The molecule has 1 aromatic rings. The predicted octanol–water partition coefficient (Wildman–Crippen LogP) is 3.25. The Balaban J connectivity index is 2.63. The van der Waals surface area contributed by atoms with Gasteiger partial charge in [-0.15, -0.1) is 0 Å². The Bertz CT molecular complexity index is 400. The molecule has 0 saturated heterocycles. The van der Waals surface area contributed by atoms with Crippen LogP contribution >= 0.6 is 0 Å². The van der Waals surface area contributed by atoms with Crippen molar-refractivity contribution in [2.24, 2.45) is 5.73 Å². The first kappa shape index (κ1) is 16.7. The summed E-state index contributed by atoms with van der Waals surface area (Å²) in [5.74, 6) is 0.174. The maximum Gasteiger partial charge on any atom is 0.224 e. The third-order valence-electron chi connectivity index (χ3n) is 3.44. The van der Waals surface area contributed by atoms with Gasteiger partial charge in [0.25, 0.3) is 0 Å². The van der Waals surface area contributed by atoms with Gasteiger partial charge >= 0.3 is 0 Å². The zero-order chi connectivity index (χ0) is 15.0. The van der Waals surface area contributed by atoms with E-state index in [9.17, 15) is 4.79 Å². The fourth-order valence-electron chi connectivity index (χ4n) is 2.30. The lowest BCUT2D eigenvalue weighted by molar-refractivity contribution is -0.132. The van der Waals surface area contributed by atoms with Crippen LogP contribution in [0.5, 0.6) is 0 Å². The molecule has 0 fully saturated rings. The van der Waals surface area contributed by atoms with Crippen LogP contribution in [-0.2, 0) is 11.3 Å². The van der Waals surface area contributed by atoms with Crippen LogP contribution in [0.1, 0.15) is 50.7 Å². The second-order valence-corrected chi connectivity index (χ2v) is 5.55. The van der Waals surface area contributed by atoms with Gasteiger partial charge in [-0.2, -0.15) is 0 Å². The number of hydrogen-bond donors (Lipinski definition) is 1. The fourth-order valence-corrected chi connectivity index (χ4v) is 2.30. The van der Waals surface area contributed by atoms with Crippen LogP contribution in [0.4, 0.5) is 0 Å². The normalized spacial score (nSPS) is 12.2. The zero-order valence-corrected chi connectivity index (χ0v) is 13.1. The quantitative estimate of drug-likeness (QED) is 0.792. The van der Waals surface area contributed by atoms with Crippen molar-refractivity contribution in [2.45, 2.75) is 59.0 Å². The molecule has 3 heteroatoms. The van der Waals surface area contributed by atoms with Crippen molar-refractivity contribution in [3.8, 4) is 0 Å². The van der Waals surface area contributed by atoms with Crippen LogP contribution in [0.2, 0.25) is 0 Å². The van der Waals surface area contributed by atoms with Gasteiger partial charge in [0.2, 0.25) is 5.91 Å². The molecule has 20 heavy (non-hydrogen) atoms. The van der Waals surface area contributed by atoms with E-state index in [1.807, 2.05) is 4.90 Å². The van der Waals surface area contributed by atoms with Gasteiger partial charge in [0.05, 0.1) is 0 Å². The molecule has 0 bridgehead atoms. The summed E-state index contributed by atoms with van der Waals surface area (Å²) in [6, 6.07) is 8.36. The highest BCUT2D eigenvalue weighted by Gasteiger charge is 2.16. The number of nitrogens with zero attached hydrogens (tertiary/aromatic N) is 1. The van der Waals surface area contributed by atoms with E-state index in [0.29, 0.717) is 13.0 Å². The first-order valence-electron chi connectivity index (χ1n) is 7.65. The number of hydrogen-bond acceptors (Lipinski definition) is 2. The highest BCUT2D eigenvalue weighted by atomic mass is 16.2. The number of rotatable bonds is 8. The Morgan fingerprint density at radius 1 is 1.20 bits per heavy atom. The lowest BCUT2D eigenvalue weighted by Crippen LogP contribution is -2.36. The third-order valence-corrected chi connectivity index (χ3v) is 3.44. The van der Waals surface area contributed by atoms with Crippen molar-refractivity contribution in [2.75, 3.05) is 6.54 Å². The molecule has 3 nitrogen and oxygen atoms in total. The van der Waals surface area contributed by atoms with Crippen molar-refractivity contribution < 1.29 is 4.79 Å². The molecular weight excluding hydrogens is 248 g/mol. The van der Waals surface area contributed by atoms with E-state index in [1.54, 1.807) is 0 Å². The number of aryl methyl sites for hydroxylation is 1. The summed E-state index contributed by atoms with van der Waals surface area (Å²) < 4.78 is 0. The van der Waals surface area contributed by atoms with Gasteiger partial charge in [0.15, 0.2) is 0 Å². The van der Waals surface area contributed by atoms with E-state index in [4.69, 9.17) is 5.73 Å². The largest absolute Gasteiger partial charge is 0.338 e. The average molecular weight is 276 g/mol. The Hall–Kier alpha value is -1.35. The van der Waals surface area contributed by atoms with Crippen molar-refractivity contribution in [1.29, 1.82) is 0 Å². The van der Waals surface area contributed by atoms with Crippen molar-refractivity contribution in [3.05, 3.63) is 35.4 Å². The first-order valence-corrected chi connectivity index (χ1v) is 7.65. The van der Waals surface area contributed by atoms with E-state index in [2.05, 4.69) is 45.0 Å². The molecule has 112 valence electrons. The lowest BCUT2D eigenvalue weighted by Gasteiger charge is -2.24. The topological polar surface area (TPSA) is 46.3 Å². The number of amides is 1. The first-order chi connectivity index (χ1) is 9.56. The number of benzene rings is 1. The van der Waals surface area contributed by atoms with Gasteiger partial charge in [0.1, 0.15) is 0 Å². The van der Waals surface area contributed by atoms with Crippen LogP contribution in [0.25, 0.3) is 0 Å². The molecule has 0 aliphatic heterocycles. The molecule has 1 unspecified atom stereocenters. The van der Waals surface area contributed by atoms with Crippen LogP contribution in [0, 0.1) is 6.92 Å². The molecule has 0 saturated carbocycles. The minimum atomic E-state index is -0.00938. The van der Waals surface area contributed by atoms with Crippen LogP contribution in [-0.4, -0.2) is 23.4 Å². The van der Waals surface area contributed by atoms with E-state index in [0.717, 1.165) is 25.8 Å². The van der Waals surface area contributed by atoms with Gasteiger partial charge < -0.3 is 10.6 Å². The average Bonchev–Trinajstić information content (AvgIpc) is 2.41. The third kappa shape index (κ3) is 5.74. The molecule has 0 aliphatic carbocycles. The molecule has 1 aromatic carbocycles. The van der Waals surface area contributed by atoms with Gasteiger partial charge in [-0.05, 0) is 25.3 Å². The number of carbonyl (C=O) groups excluding carboxylic acids is 1. The Labute approximate surface area is 123 Å². The molecule has 2 N–H and O–H groups in total. The Morgan fingerprint density at radius 2 is 1.85 bits per heavy atom. The fraction of sp³-hybridized carbons (Fsp3) is 0.588. The maximum absolute atomic E-state index is 12.3. The number of nitrogens with two attached hydrogens (primary N) is 1. The molecule has 0 aromatic heterocycles. The second kappa shape index (κ2) is 8.75. The summed E-state index contributed by atoms with van der Waals surface area (Å²) in [6.07, 6.45) is 3.37. The minimum absolute atomic E-state index is 0.00938. The highest BCUT2D eigenvalue weighted by molar-refractivity contribution is 5.76. The molecular formula is C17H28N2O. The predicted molar refractivity (Wildman–Crippen MR) is 84.4 cm³/mol.